The van der Waals surface area contributed by atoms with Gasteiger partial charge in [0.2, 0.25) is 0 Å². The van der Waals surface area contributed by atoms with Gasteiger partial charge in [-0.1, -0.05) is 12.8 Å². The molecule has 4 aliphatic heterocycles. The van der Waals surface area contributed by atoms with Crippen LogP contribution in [0.4, 0.5) is 0 Å². The van der Waals surface area contributed by atoms with E-state index in [1.807, 2.05) is 0 Å². The summed E-state index contributed by atoms with van der Waals surface area (Å²) in [5.41, 5.74) is 0. The molecule has 4 fully saturated rings. The number of hydrogen-bond donors (Lipinski definition) is 0. The third-order valence-electron chi connectivity index (χ3n) is 5.97. The summed E-state index contributed by atoms with van der Waals surface area (Å²) in [6, 6.07) is 1.92. The highest BCUT2D eigenvalue weighted by molar-refractivity contribution is 4.89. The first-order chi connectivity index (χ1) is 10.7. The van der Waals surface area contributed by atoms with E-state index >= 15 is 0 Å². The van der Waals surface area contributed by atoms with Gasteiger partial charge < -0.3 is 14.7 Å². The van der Waals surface area contributed by atoms with E-state index in [-0.39, 0.29) is 0 Å². The smallest absolute Gasteiger partial charge is 0.00957 e. The van der Waals surface area contributed by atoms with Crippen LogP contribution in [0.3, 0.4) is 0 Å². The first-order valence-electron chi connectivity index (χ1n) is 9.76. The van der Waals surface area contributed by atoms with Gasteiger partial charge in [0, 0.05) is 12.1 Å². The summed E-state index contributed by atoms with van der Waals surface area (Å²) in [4.78, 5) is 7.34. The van der Waals surface area contributed by atoms with Crippen LogP contribution >= 0.6 is 0 Å². The van der Waals surface area contributed by atoms with Crippen LogP contribution in [0.1, 0.15) is 64.2 Å². The molecule has 0 saturated carbocycles. The molecule has 4 heterocycles. The van der Waals surface area contributed by atoms with Crippen molar-refractivity contribution in [1.82, 2.24) is 14.7 Å². The van der Waals surface area contributed by atoms with Crippen molar-refractivity contribution in [3.63, 3.8) is 0 Å². The highest BCUT2D eigenvalue weighted by Crippen LogP contribution is 2.33. The molecule has 4 saturated heterocycles. The van der Waals surface area contributed by atoms with Crippen LogP contribution in [0.15, 0.2) is 0 Å². The van der Waals surface area contributed by atoms with Gasteiger partial charge >= 0.3 is 0 Å². The van der Waals surface area contributed by atoms with Crippen molar-refractivity contribution >= 4 is 0 Å². The summed E-state index contributed by atoms with van der Waals surface area (Å²) in [5.74, 6) is 0. The van der Waals surface area contributed by atoms with Gasteiger partial charge in [-0.2, -0.15) is 0 Å². The highest BCUT2D eigenvalue weighted by Gasteiger charge is 2.33. The second kappa shape index (κ2) is 9.89. The zero-order chi connectivity index (χ0) is 15.8. The lowest BCUT2D eigenvalue weighted by Gasteiger charge is -2.30. The minimum absolute atomic E-state index is 0.962. The van der Waals surface area contributed by atoms with Crippen molar-refractivity contribution in [1.29, 1.82) is 0 Å². The van der Waals surface area contributed by atoms with E-state index in [0.717, 1.165) is 12.1 Å². The van der Waals surface area contributed by atoms with Crippen LogP contribution < -0.4 is 0 Å². The predicted molar refractivity (Wildman–Crippen MR) is 96.5 cm³/mol. The Morgan fingerprint density at radius 1 is 0.500 bits per heavy atom. The Hall–Kier alpha value is -0.120. The molecule has 0 spiro atoms. The van der Waals surface area contributed by atoms with Gasteiger partial charge in [-0.05, 0) is 98.7 Å². The maximum absolute atomic E-state index is 2.59. The van der Waals surface area contributed by atoms with Crippen molar-refractivity contribution < 1.29 is 0 Å². The van der Waals surface area contributed by atoms with E-state index in [1.54, 1.807) is 0 Å². The fraction of sp³-hybridized carbons (Fsp3) is 1.00. The van der Waals surface area contributed by atoms with Crippen molar-refractivity contribution in [2.75, 3.05) is 47.3 Å². The fourth-order valence-corrected chi connectivity index (χ4v) is 4.30. The van der Waals surface area contributed by atoms with Gasteiger partial charge in [0.15, 0.2) is 0 Å². The van der Waals surface area contributed by atoms with Crippen LogP contribution in [-0.4, -0.2) is 74.1 Å². The molecule has 22 heavy (non-hydrogen) atoms. The molecular weight excluding hydrogens is 270 g/mol. The SMILES string of the molecule is CN1C2CCCC1CC2.CN1CCCC1.CN1CCCCC1. The normalized spacial score (nSPS) is 32.9. The summed E-state index contributed by atoms with van der Waals surface area (Å²) in [5, 5.41) is 0. The van der Waals surface area contributed by atoms with Gasteiger partial charge in [-0.3, -0.25) is 0 Å². The number of hydrogen-bond acceptors (Lipinski definition) is 3. The van der Waals surface area contributed by atoms with Gasteiger partial charge in [0.05, 0.1) is 0 Å². The lowest BCUT2D eigenvalue weighted by Crippen LogP contribution is -2.35. The molecule has 0 radical (unpaired) electrons. The summed E-state index contributed by atoms with van der Waals surface area (Å²) in [6.07, 6.45) is 14.5. The van der Waals surface area contributed by atoms with E-state index in [9.17, 15) is 0 Å². The monoisotopic (exact) mass is 309 g/mol. The van der Waals surface area contributed by atoms with Crippen molar-refractivity contribution in [2.45, 2.75) is 76.3 Å². The Bertz CT molecular complexity index is 266. The van der Waals surface area contributed by atoms with Crippen LogP contribution in [0.5, 0.6) is 0 Å². The lowest BCUT2D eigenvalue weighted by molar-refractivity contribution is 0.179. The second-order valence-corrected chi connectivity index (χ2v) is 7.86. The summed E-state index contributed by atoms with van der Waals surface area (Å²) in [6.45, 7) is 5.28. The molecule has 2 atom stereocenters. The lowest BCUT2D eigenvalue weighted by atomic mass is 10.0. The quantitative estimate of drug-likeness (QED) is 0.678. The number of likely N-dealkylation sites (tertiary alicyclic amines) is 2. The molecule has 2 unspecified atom stereocenters. The largest absolute Gasteiger partial charge is 0.306 e. The molecule has 0 aromatic heterocycles. The van der Waals surface area contributed by atoms with Crippen molar-refractivity contribution in [3.8, 4) is 0 Å². The van der Waals surface area contributed by atoms with Crippen LogP contribution in [0.2, 0.25) is 0 Å². The molecule has 2 bridgehead atoms. The zero-order valence-electron chi connectivity index (χ0n) is 15.4. The molecule has 4 aliphatic rings. The number of nitrogens with zero attached hydrogens (tertiary/aromatic N) is 3. The van der Waals surface area contributed by atoms with Gasteiger partial charge in [-0.25, -0.2) is 0 Å². The Labute approximate surface area is 139 Å². The minimum atomic E-state index is 0.962. The average Bonchev–Trinajstić information content (AvgIpc) is 3.04. The maximum Gasteiger partial charge on any atom is 0.00957 e. The molecular formula is C19H39N3. The van der Waals surface area contributed by atoms with E-state index in [0.29, 0.717) is 0 Å². The first kappa shape index (κ1) is 18.2. The average molecular weight is 310 g/mol. The van der Waals surface area contributed by atoms with Gasteiger partial charge in [-0.15, -0.1) is 0 Å². The zero-order valence-corrected chi connectivity index (χ0v) is 15.4. The Morgan fingerprint density at radius 3 is 1.18 bits per heavy atom. The fourth-order valence-electron chi connectivity index (χ4n) is 4.30. The predicted octanol–water partition coefficient (Wildman–Crippen LogP) is 3.45. The standard InChI is InChI=1S/C8H15N.C6H13N.C5H11N/c1-9-7-3-2-4-8(9)6-5-7;1-7-5-3-2-4-6-7;1-6-4-2-3-5-6/h7-8H,2-6H2,1H3;2-6H2,1H3;2-5H2,1H3. The Balaban J connectivity index is 0.000000124. The third kappa shape index (κ3) is 6.17. The van der Waals surface area contributed by atoms with Crippen LogP contribution in [-0.2, 0) is 0 Å². The van der Waals surface area contributed by atoms with Crippen LogP contribution in [0, 0.1) is 0 Å². The third-order valence-corrected chi connectivity index (χ3v) is 5.97. The van der Waals surface area contributed by atoms with Crippen LogP contribution in [0.25, 0.3) is 0 Å². The molecule has 0 amide bonds. The van der Waals surface area contributed by atoms with E-state index in [1.165, 1.54) is 90.4 Å². The second-order valence-electron chi connectivity index (χ2n) is 7.86. The van der Waals surface area contributed by atoms with Crippen molar-refractivity contribution in [3.05, 3.63) is 0 Å². The van der Waals surface area contributed by atoms with E-state index in [4.69, 9.17) is 0 Å². The van der Waals surface area contributed by atoms with E-state index in [2.05, 4.69) is 35.8 Å². The summed E-state index contributed by atoms with van der Waals surface area (Å²) in [7, 11) is 6.66. The Morgan fingerprint density at radius 2 is 0.909 bits per heavy atom. The molecule has 0 aliphatic carbocycles. The topological polar surface area (TPSA) is 9.72 Å². The van der Waals surface area contributed by atoms with Crippen molar-refractivity contribution in [2.24, 2.45) is 0 Å². The summed E-state index contributed by atoms with van der Waals surface area (Å²) >= 11 is 0. The van der Waals surface area contributed by atoms with Gasteiger partial charge in [0.25, 0.3) is 0 Å². The number of piperidine rings is 2. The molecule has 3 nitrogen and oxygen atoms in total. The molecule has 130 valence electrons. The molecule has 0 N–H and O–H groups in total. The molecule has 3 heteroatoms. The Kier molecular flexibility index (Phi) is 8.19. The molecule has 0 aromatic carbocycles. The minimum Gasteiger partial charge on any atom is -0.306 e. The summed E-state index contributed by atoms with van der Waals surface area (Å²) < 4.78 is 0. The number of rotatable bonds is 0. The maximum atomic E-state index is 2.59. The highest BCUT2D eigenvalue weighted by atomic mass is 15.2. The van der Waals surface area contributed by atoms with Gasteiger partial charge in [0.1, 0.15) is 0 Å². The van der Waals surface area contributed by atoms with E-state index < -0.39 is 0 Å². The molecule has 4 rings (SSSR count). The first-order valence-corrected chi connectivity index (χ1v) is 9.76. The molecule has 0 aromatic rings. The number of fused-ring (bicyclic) bond motifs is 2.